The van der Waals surface area contributed by atoms with Crippen molar-refractivity contribution in [2.45, 2.75) is 45.7 Å². The summed E-state index contributed by atoms with van der Waals surface area (Å²) in [6.45, 7) is 7.90. The number of benzene rings is 1. The molecular weight excluding hydrogens is 338 g/mol. The third-order valence-electron chi connectivity index (χ3n) is 4.45. The van der Waals surface area contributed by atoms with Gasteiger partial charge >= 0.3 is 0 Å². The molecule has 1 aromatic rings. The van der Waals surface area contributed by atoms with E-state index in [1.165, 1.54) is 0 Å². The predicted octanol–water partition coefficient (Wildman–Crippen LogP) is 2.43. The van der Waals surface area contributed by atoms with Gasteiger partial charge in [0.1, 0.15) is 6.04 Å². The quantitative estimate of drug-likeness (QED) is 0.723. The lowest BCUT2D eigenvalue weighted by Gasteiger charge is -2.31. The maximum atomic E-state index is 12.8. The van der Waals surface area contributed by atoms with Crippen molar-refractivity contribution in [1.82, 2.24) is 16.0 Å². The smallest absolute Gasteiger partial charge is 0.247 e. The van der Waals surface area contributed by atoms with Crippen molar-refractivity contribution < 1.29 is 9.59 Å². The highest BCUT2D eigenvalue weighted by Crippen LogP contribution is 2.17. The van der Waals surface area contributed by atoms with Crippen LogP contribution in [0.4, 0.5) is 0 Å². The molecule has 6 heteroatoms. The summed E-state index contributed by atoms with van der Waals surface area (Å²) in [5.41, 5.74) is 0.809. The molecule has 140 valence electrons. The Bertz CT molecular complexity index is 551. The van der Waals surface area contributed by atoms with Crippen LogP contribution in [0.15, 0.2) is 30.3 Å². The lowest BCUT2D eigenvalue weighted by atomic mass is 9.94. The topological polar surface area (TPSA) is 70.2 Å². The molecule has 1 aromatic carbocycles. The van der Waals surface area contributed by atoms with E-state index in [-0.39, 0.29) is 36.2 Å². The molecule has 1 aliphatic rings. The average Bonchev–Trinajstić information content (AvgIpc) is 2.55. The Morgan fingerprint density at radius 1 is 1.24 bits per heavy atom. The molecule has 25 heavy (non-hydrogen) atoms. The van der Waals surface area contributed by atoms with E-state index in [1.807, 2.05) is 44.2 Å². The molecule has 0 aliphatic carbocycles. The van der Waals surface area contributed by atoms with Crippen LogP contribution >= 0.6 is 12.4 Å². The van der Waals surface area contributed by atoms with Crippen molar-refractivity contribution in [2.75, 3.05) is 13.1 Å². The number of amides is 2. The summed E-state index contributed by atoms with van der Waals surface area (Å²) in [7, 11) is 0. The number of rotatable bonds is 6. The first-order valence-corrected chi connectivity index (χ1v) is 8.82. The molecule has 1 saturated heterocycles. The fraction of sp³-hybridized carbons (Fsp3) is 0.579. The van der Waals surface area contributed by atoms with Gasteiger partial charge in [-0.25, -0.2) is 0 Å². The van der Waals surface area contributed by atoms with Crippen LogP contribution in [0.2, 0.25) is 0 Å². The largest absolute Gasteiger partial charge is 0.350 e. The zero-order valence-electron chi connectivity index (χ0n) is 15.2. The van der Waals surface area contributed by atoms with Crippen molar-refractivity contribution in [3.63, 3.8) is 0 Å². The summed E-state index contributed by atoms with van der Waals surface area (Å²) < 4.78 is 0. The van der Waals surface area contributed by atoms with Gasteiger partial charge < -0.3 is 16.0 Å². The molecular formula is C19H30ClN3O2. The molecule has 0 spiro atoms. The van der Waals surface area contributed by atoms with Crippen molar-refractivity contribution >= 4 is 24.2 Å². The van der Waals surface area contributed by atoms with Gasteiger partial charge in [0, 0.05) is 19.0 Å². The molecule has 2 amide bonds. The molecule has 1 fully saturated rings. The van der Waals surface area contributed by atoms with E-state index in [1.54, 1.807) is 0 Å². The Morgan fingerprint density at radius 3 is 2.52 bits per heavy atom. The van der Waals surface area contributed by atoms with Crippen molar-refractivity contribution in [3.8, 4) is 0 Å². The SMILES string of the molecule is CC(C)CC(=O)NC(C(=O)NC1CNCCC1C)c1ccccc1.Cl. The third kappa shape index (κ3) is 6.67. The van der Waals surface area contributed by atoms with Gasteiger partial charge in [0.15, 0.2) is 0 Å². The standard InChI is InChI=1S/C19H29N3O2.ClH/c1-13(2)11-17(23)22-18(15-7-5-4-6-8-15)19(24)21-16-12-20-10-9-14(16)3;/h4-8,13-14,16,18,20H,9-12H2,1-3H3,(H,21,24)(H,22,23);1H. The van der Waals surface area contributed by atoms with Crippen LogP contribution in [-0.4, -0.2) is 30.9 Å². The van der Waals surface area contributed by atoms with Gasteiger partial charge in [-0.15, -0.1) is 12.4 Å². The van der Waals surface area contributed by atoms with E-state index in [0.29, 0.717) is 12.3 Å². The van der Waals surface area contributed by atoms with Gasteiger partial charge in [-0.05, 0) is 30.4 Å². The number of carbonyl (C=O) groups is 2. The molecule has 0 bridgehead atoms. The highest BCUT2D eigenvalue weighted by Gasteiger charge is 2.28. The van der Waals surface area contributed by atoms with E-state index in [2.05, 4.69) is 22.9 Å². The third-order valence-corrected chi connectivity index (χ3v) is 4.45. The Kier molecular flexibility index (Phi) is 8.93. The van der Waals surface area contributed by atoms with E-state index >= 15 is 0 Å². The molecule has 3 unspecified atom stereocenters. The fourth-order valence-electron chi connectivity index (χ4n) is 2.99. The minimum atomic E-state index is -0.647. The highest BCUT2D eigenvalue weighted by molar-refractivity contribution is 5.88. The molecule has 1 heterocycles. The maximum Gasteiger partial charge on any atom is 0.247 e. The Labute approximate surface area is 156 Å². The Hall–Kier alpha value is -1.59. The van der Waals surface area contributed by atoms with Crippen LogP contribution in [0.3, 0.4) is 0 Å². The second kappa shape index (κ2) is 10.4. The predicted molar refractivity (Wildman–Crippen MR) is 103 cm³/mol. The molecule has 3 N–H and O–H groups in total. The van der Waals surface area contributed by atoms with E-state index in [4.69, 9.17) is 0 Å². The van der Waals surface area contributed by atoms with Crippen LogP contribution in [-0.2, 0) is 9.59 Å². The maximum absolute atomic E-state index is 12.8. The van der Waals surface area contributed by atoms with Crippen molar-refractivity contribution in [3.05, 3.63) is 35.9 Å². The summed E-state index contributed by atoms with van der Waals surface area (Å²) in [6.07, 6.45) is 1.46. The summed E-state index contributed by atoms with van der Waals surface area (Å²) in [5.74, 6) is 0.452. The second-order valence-electron chi connectivity index (χ2n) is 7.09. The number of piperidine rings is 1. The van der Waals surface area contributed by atoms with Crippen molar-refractivity contribution in [1.29, 1.82) is 0 Å². The summed E-state index contributed by atoms with van der Waals surface area (Å²) in [5, 5.41) is 9.32. The lowest BCUT2D eigenvalue weighted by Crippen LogP contribution is -2.53. The van der Waals surface area contributed by atoms with Gasteiger partial charge in [0.2, 0.25) is 11.8 Å². The molecule has 0 aromatic heterocycles. The van der Waals surface area contributed by atoms with Crippen LogP contribution in [0.5, 0.6) is 0 Å². The molecule has 0 radical (unpaired) electrons. The van der Waals surface area contributed by atoms with E-state index in [0.717, 1.165) is 25.1 Å². The van der Waals surface area contributed by atoms with Gasteiger partial charge in [-0.2, -0.15) is 0 Å². The first kappa shape index (κ1) is 21.5. The number of halogens is 1. The van der Waals surface area contributed by atoms with Crippen LogP contribution in [0.25, 0.3) is 0 Å². The normalized spacial score (nSPS) is 21.1. The average molecular weight is 368 g/mol. The first-order valence-electron chi connectivity index (χ1n) is 8.82. The number of hydrogen-bond donors (Lipinski definition) is 3. The van der Waals surface area contributed by atoms with Crippen molar-refractivity contribution in [2.24, 2.45) is 11.8 Å². The molecule has 3 atom stereocenters. The highest BCUT2D eigenvalue weighted by atomic mass is 35.5. The minimum Gasteiger partial charge on any atom is -0.350 e. The van der Waals surface area contributed by atoms with E-state index < -0.39 is 6.04 Å². The van der Waals surface area contributed by atoms with E-state index in [9.17, 15) is 9.59 Å². The number of carbonyl (C=O) groups excluding carboxylic acids is 2. The molecule has 5 nitrogen and oxygen atoms in total. The first-order chi connectivity index (χ1) is 11.5. The van der Waals surface area contributed by atoms with Gasteiger partial charge in [0.05, 0.1) is 0 Å². The summed E-state index contributed by atoms with van der Waals surface area (Å²) >= 11 is 0. The van der Waals surface area contributed by atoms with Gasteiger partial charge in [-0.3, -0.25) is 9.59 Å². The monoisotopic (exact) mass is 367 g/mol. The van der Waals surface area contributed by atoms with Crippen LogP contribution in [0.1, 0.15) is 45.2 Å². The Balaban J connectivity index is 0.00000312. The van der Waals surface area contributed by atoms with Gasteiger partial charge in [-0.1, -0.05) is 51.1 Å². The van der Waals surface area contributed by atoms with Gasteiger partial charge in [0.25, 0.3) is 0 Å². The molecule has 1 aliphatic heterocycles. The van der Waals surface area contributed by atoms with Crippen LogP contribution < -0.4 is 16.0 Å². The Morgan fingerprint density at radius 2 is 1.92 bits per heavy atom. The number of hydrogen-bond acceptors (Lipinski definition) is 3. The summed E-state index contributed by atoms with van der Waals surface area (Å²) in [4.78, 5) is 25.0. The zero-order valence-corrected chi connectivity index (χ0v) is 16.1. The second-order valence-corrected chi connectivity index (χ2v) is 7.09. The summed E-state index contributed by atoms with van der Waals surface area (Å²) in [6, 6.07) is 8.88. The lowest BCUT2D eigenvalue weighted by molar-refractivity contribution is -0.130. The molecule has 2 rings (SSSR count). The zero-order chi connectivity index (χ0) is 17.5. The van der Waals surface area contributed by atoms with Crippen LogP contribution in [0, 0.1) is 11.8 Å². The molecule has 0 saturated carbocycles. The fourth-order valence-corrected chi connectivity index (χ4v) is 2.99. The number of nitrogens with one attached hydrogen (secondary N) is 3. The minimum absolute atomic E-state index is 0.